The number of pyridine rings is 2. The van der Waals surface area contributed by atoms with E-state index in [1.165, 1.54) is 0 Å². The van der Waals surface area contributed by atoms with Gasteiger partial charge in [-0.1, -0.05) is 18.2 Å². The second-order valence-electron chi connectivity index (χ2n) is 9.37. The Morgan fingerprint density at radius 3 is 2.51 bits per heavy atom. The maximum Gasteiger partial charge on any atom is 0.257 e. The average Bonchev–Trinajstić information content (AvgIpc) is 3.36. The number of nitrogens with one attached hydrogen (secondary N) is 1. The fourth-order valence-electron chi connectivity index (χ4n) is 4.84. The minimum absolute atomic E-state index is 0.0902. The van der Waals surface area contributed by atoms with Crippen LogP contribution in [-0.4, -0.2) is 96.3 Å². The summed E-state index contributed by atoms with van der Waals surface area (Å²) in [6.07, 6.45) is 5.57. The molecule has 1 aliphatic heterocycles. The number of carbonyl (C=O) groups is 1. The van der Waals surface area contributed by atoms with Gasteiger partial charge >= 0.3 is 0 Å². The van der Waals surface area contributed by atoms with Crippen molar-refractivity contribution in [2.75, 3.05) is 65.4 Å². The van der Waals surface area contributed by atoms with Gasteiger partial charge in [0, 0.05) is 93.0 Å². The van der Waals surface area contributed by atoms with Crippen LogP contribution in [0.2, 0.25) is 0 Å². The van der Waals surface area contributed by atoms with Crippen molar-refractivity contribution >= 4 is 22.8 Å². The number of amides is 1. The Morgan fingerprint density at radius 2 is 1.78 bits per heavy atom. The van der Waals surface area contributed by atoms with E-state index < -0.39 is 0 Å². The molecule has 0 spiro atoms. The third-order valence-electron chi connectivity index (χ3n) is 6.85. The largest absolute Gasteiger partial charge is 0.496 e. The van der Waals surface area contributed by atoms with Gasteiger partial charge in [-0.15, -0.1) is 0 Å². The molecule has 1 aromatic carbocycles. The Morgan fingerprint density at radius 1 is 1.05 bits per heavy atom. The molecule has 9 heteroatoms. The molecule has 192 valence electrons. The summed E-state index contributed by atoms with van der Waals surface area (Å²) < 4.78 is 5.58. The molecule has 0 aliphatic carbocycles. The lowest BCUT2D eigenvalue weighted by molar-refractivity contribution is 0.0827. The van der Waals surface area contributed by atoms with Gasteiger partial charge in [-0.05, 0) is 18.2 Å². The fraction of sp³-hybridized carbons (Fsp3) is 0.321. The van der Waals surface area contributed by atoms with Crippen LogP contribution in [0.25, 0.3) is 33.3 Å². The van der Waals surface area contributed by atoms with Crippen LogP contribution in [-0.2, 0) is 0 Å². The number of hydrogen-bond acceptors (Lipinski definition) is 7. The lowest BCUT2D eigenvalue weighted by Crippen LogP contribution is -2.48. The number of aliphatic hydroxyl groups excluding tert-OH is 1. The van der Waals surface area contributed by atoms with Crippen molar-refractivity contribution in [1.29, 1.82) is 0 Å². The van der Waals surface area contributed by atoms with Crippen molar-refractivity contribution in [1.82, 2.24) is 24.8 Å². The van der Waals surface area contributed by atoms with Crippen molar-refractivity contribution in [3.8, 4) is 28.0 Å². The normalized spacial score (nSPS) is 14.2. The summed E-state index contributed by atoms with van der Waals surface area (Å²) in [5, 5.41) is 10.2. The molecule has 5 rings (SSSR count). The second kappa shape index (κ2) is 10.6. The number of ether oxygens (including phenoxy) is 1. The summed E-state index contributed by atoms with van der Waals surface area (Å²) >= 11 is 0. The summed E-state index contributed by atoms with van der Waals surface area (Å²) in [5.74, 6) is 1.39. The van der Waals surface area contributed by atoms with E-state index in [1.807, 2.05) is 42.7 Å². The van der Waals surface area contributed by atoms with Crippen molar-refractivity contribution in [3.05, 3.63) is 60.6 Å². The van der Waals surface area contributed by atoms with Crippen LogP contribution in [0, 0.1) is 0 Å². The number of methoxy groups -OCH3 is 1. The molecule has 1 aliphatic rings. The molecule has 1 fully saturated rings. The van der Waals surface area contributed by atoms with Gasteiger partial charge in [0.1, 0.15) is 17.2 Å². The number of hydrogen-bond donors (Lipinski definition) is 2. The second-order valence-corrected chi connectivity index (χ2v) is 9.37. The predicted molar refractivity (Wildman–Crippen MR) is 145 cm³/mol. The minimum Gasteiger partial charge on any atom is -0.496 e. The van der Waals surface area contributed by atoms with Gasteiger partial charge in [-0.2, -0.15) is 0 Å². The number of nitrogens with zero attached hydrogens (tertiary/aromatic N) is 5. The van der Waals surface area contributed by atoms with Crippen LogP contribution in [0.1, 0.15) is 10.4 Å². The van der Waals surface area contributed by atoms with Crippen LogP contribution < -0.4 is 9.64 Å². The standard InChI is InChI=1S/C28H32N6O3/c1-32(2)28(36)23-15-20(17-31-27(23)34-10-8-33(9-11-34)12-13-35)19-14-22-24(18-30-26(22)29-16-19)21-6-4-5-7-25(21)37-3/h4-7,14-18,35H,8-13H2,1-3H3,(H,29,30). The molecule has 4 heterocycles. The topological polar surface area (TPSA) is 97.8 Å². The zero-order chi connectivity index (χ0) is 25.9. The Labute approximate surface area is 216 Å². The average molecular weight is 501 g/mol. The van der Waals surface area contributed by atoms with E-state index in [0.29, 0.717) is 17.9 Å². The van der Waals surface area contributed by atoms with Gasteiger partial charge in [0.15, 0.2) is 0 Å². The van der Waals surface area contributed by atoms with Crippen molar-refractivity contribution < 1.29 is 14.6 Å². The number of para-hydroxylation sites is 1. The first-order valence-electron chi connectivity index (χ1n) is 12.4. The number of H-pyrrole nitrogens is 1. The zero-order valence-corrected chi connectivity index (χ0v) is 21.4. The smallest absolute Gasteiger partial charge is 0.257 e. The van der Waals surface area contributed by atoms with Gasteiger partial charge in [0.25, 0.3) is 5.91 Å². The number of benzene rings is 1. The van der Waals surface area contributed by atoms with Crippen molar-refractivity contribution in [2.24, 2.45) is 0 Å². The van der Waals surface area contributed by atoms with Gasteiger partial charge in [0.05, 0.1) is 19.3 Å². The summed E-state index contributed by atoms with van der Waals surface area (Å²) in [6, 6.07) is 11.9. The number of aromatic amines is 1. The Balaban J connectivity index is 1.53. The summed E-state index contributed by atoms with van der Waals surface area (Å²) in [6.45, 7) is 3.95. The van der Waals surface area contributed by atoms with Gasteiger partial charge in [-0.3, -0.25) is 9.69 Å². The number of β-amino-alcohol motifs (C(OH)–C–C–N with tert-alkyl or cyclic N) is 1. The molecule has 0 radical (unpaired) electrons. The first-order valence-corrected chi connectivity index (χ1v) is 12.4. The van der Waals surface area contributed by atoms with Crippen LogP contribution in [0.4, 0.5) is 5.82 Å². The Hall–Kier alpha value is -3.95. The number of piperazine rings is 1. The van der Waals surface area contributed by atoms with E-state index in [2.05, 4.69) is 25.8 Å². The lowest BCUT2D eigenvalue weighted by Gasteiger charge is -2.36. The molecule has 1 amide bonds. The maximum absolute atomic E-state index is 13.2. The van der Waals surface area contributed by atoms with Gasteiger partial charge in [-0.25, -0.2) is 9.97 Å². The molecule has 9 nitrogen and oxygen atoms in total. The summed E-state index contributed by atoms with van der Waals surface area (Å²) in [7, 11) is 5.18. The molecular weight excluding hydrogens is 468 g/mol. The van der Waals surface area contributed by atoms with E-state index in [4.69, 9.17) is 9.72 Å². The highest BCUT2D eigenvalue weighted by Crippen LogP contribution is 2.36. The fourth-order valence-corrected chi connectivity index (χ4v) is 4.84. The molecule has 1 saturated heterocycles. The highest BCUT2D eigenvalue weighted by Gasteiger charge is 2.24. The molecule has 0 atom stereocenters. The molecule has 0 unspecified atom stereocenters. The van der Waals surface area contributed by atoms with E-state index in [1.54, 1.807) is 32.3 Å². The van der Waals surface area contributed by atoms with Crippen molar-refractivity contribution in [2.45, 2.75) is 0 Å². The number of aromatic nitrogens is 3. The Kier molecular flexibility index (Phi) is 7.07. The van der Waals surface area contributed by atoms with E-state index in [0.717, 1.165) is 65.2 Å². The molecule has 0 bridgehead atoms. The van der Waals surface area contributed by atoms with Gasteiger partial charge in [0.2, 0.25) is 0 Å². The SMILES string of the molecule is COc1ccccc1-c1c[nH]c2ncc(-c3cnc(N4CCN(CCO)CC4)c(C(=O)N(C)C)c3)cc12. The minimum atomic E-state index is -0.0902. The van der Waals surface area contributed by atoms with E-state index in [9.17, 15) is 9.90 Å². The van der Waals surface area contributed by atoms with E-state index >= 15 is 0 Å². The van der Waals surface area contributed by atoms with E-state index in [-0.39, 0.29) is 12.5 Å². The van der Waals surface area contributed by atoms with Gasteiger partial charge < -0.3 is 24.6 Å². The lowest BCUT2D eigenvalue weighted by atomic mass is 10.0. The summed E-state index contributed by atoms with van der Waals surface area (Å²) in [5.41, 5.74) is 5.03. The number of anilines is 1. The van der Waals surface area contributed by atoms with Crippen LogP contribution >= 0.6 is 0 Å². The highest BCUT2D eigenvalue weighted by atomic mass is 16.5. The number of fused-ring (bicyclic) bond motifs is 1. The Bertz CT molecular complexity index is 1410. The highest BCUT2D eigenvalue weighted by molar-refractivity contribution is 6.01. The number of aliphatic hydroxyl groups is 1. The number of carbonyl (C=O) groups excluding carboxylic acids is 1. The quantitative estimate of drug-likeness (QED) is 0.402. The van der Waals surface area contributed by atoms with Crippen molar-refractivity contribution in [3.63, 3.8) is 0 Å². The zero-order valence-electron chi connectivity index (χ0n) is 21.4. The molecule has 0 saturated carbocycles. The van der Waals surface area contributed by atoms with Crippen LogP contribution in [0.15, 0.2) is 55.0 Å². The first kappa shape index (κ1) is 24.7. The maximum atomic E-state index is 13.2. The van der Waals surface area contributed by atoms with Crippen LogP contribution in [0.3, 0.4) is 0 Å². The predicted octanol–water partition coefficient (Wildman–Crippen LogP) is 3.12. The third kappa shape index (κ3) is 4.87. The molecule has 4 aromatic rings. The monoisotopic (exact) mass is 500 g/mol. The molecule has 2 N–H and O–H groups in total. The molecule has 37 heavy (non-hydrogen) atoms. The first-order chi connectivity index (χ1) is 18.0. The third-order valence-corrected chi connectivity index (χ3v) is 6.85. The van der Waals surface area contributed by atoms with Crippen LogP contribution in [0.5, 0.6) is 5.75 Å². The number of rotatable bonds is 7. The molecular formula is C28H32N6O3. The summed E-state index contributed by atoms with van der Waals surface area (Å²) in [4.78, 5) is 31.9. The molecule has 3 aromatic heterocycles.